The van der Waals surface area contributed by atoms with Gasteiger partial charge in [-0.3, -0.25) is 4.68 Å². The van der Waals surface area contributed by atoms with Crippen LogP contribution in [0.15, 0.2) is 18.5 Å². The van der Waals surface area contributed by atoms with Crippen molar-refractivity contribution in [2.24, 2.45) is 0 Å². The number of aromatic nitrogens is 3. The molecular weight excluding hydrogens is 232 g/mol. The molecule has 0 aliphatic heterocycles. The van der Waals surface area contributed by atoms with Crippen LogP contribution in [0.2, 0.25) is 0 Å². The molecule has 0 aromatic carbocycles. The molecule has 4 nitrogen and oxygen atoms in total. The van der Waals surface area contributed by atoms with E-state index in [1.54, 1.807) is 6.20 Å². The van der Waals surface area contributed by atoms with E-state index in [0.717, 1.165) is 13.1 Å². The summed E-state index contributed by atoms with van der Waals surface area (Å²) in [7, 11) is 0. The first-order valence-electron chi connectivity index (χ1n) is 5.81. The van der Waals surface area contributed by atoms with Crippen molar-refractivity contribution in [2.45, 2.75) is 33.4 Å². The van der Waals surface area contributed by atoms with Gasteiger partial charge in [0.1, 0.15) is 0 Å². The molecule has 2 rings (SSSR count). The Hall–Kier alpha value is -1.20. The third-order valence-electron chi connectivity index (χ3n) is 2.81. The molecule has 0 saturated heterocycles. The van der Waals surface area contributed by atoms with Gasteiger partial charge in [-0.15, -0.1) is 16.4 Å². The third kappa shape index (κ3) is 3.14. The Bertz CT molecular complexity index is 461. The lowest BCUT2D eigenvalue weighted by Gasteiger charge is -2.13. The van der Waals surface area contributed by atoms with Crippen LogP contribution in [0, 0.1) is 13.8 Å². The average molecular weight is 250 g/mol. The molecule has 5 heteroatoms. The number of thiophene rings is 1. The third-order valence-corrected chi connectivity index (χ3v) is 3.79. The predicted molar refractivity (Wildman–Crippen MR) is 70.2 cm³/mol. The fourth-order valence-electron chi connectivity index (χ4n) is 1.94. The van der Waals surface area contributed by atoms with Crippen LogP contribution in [0.3, 0.4) is 0 Å². The summed E-state index contributed by atoms with van der Waals surface area (Å²) in [6.07, 6.45) is 3.59. The van der Waals surface area contributed by atoms with Crippen LogP contribution in [-0.2, 0) is 6.54 Å². The molecule has 1 N–H and O–H groups in total. The maximum atomic E-state index is 3.94. The van der Waals surface area contributed by atoms with Crippen molar-refractivity contribution >= 4 is 11.3 Å². The van der Waals surface area contributed by atoms with Crippen molar-refractivity contribution in [2.75, 3.05) is 6.54 Å². The minimum absolute atomic E-state index is 0.392. The first-order valence-corrected chi connectivity index (χ1v) is 6.63. The summed E-state index contributed by atoms with van der Waals surface area (Å²) in [4.78, 5) is 2.78. The highest BCUT2D eigenvalue weighted by molar-refractivity contribution is 7.12. The second-order valence-corrected chi connectivity index (χ2v) is 5.67. The van der Waals surface area contributed by atoms with Crippen LogP contribution < -0.4 is 5.32 Å². The molecule has 17 heavy (non-hydrogen) atoms. The van der Waals surface area contributed by atoms with Gasteiger partial charge in [-0.1, -0.05) is 5.21 Å². The highest BCUT2D eigenvalue weighted by Gasteiger charge is 2.10. The normalized spacial score (nSPS) is 12.9. The summed E-state index contributed by atoms with van der Waals surface area (Å²) in [5, 5.41) is 11.2. The molecule has 0 aliphatic carbocycles. The van der Waals surface area contributed by atoms with Crippen LogP contribution in [0.1, 0.15) is 28.3 Å². The molecular formula is C12H18N4S. The van der Waals surface area contributed by atoms with Gasteiger partial charge in [0.15, 0.2) is 0 Å². The minimum atomic E-state index is 0.392. The average Bonchev–Trinajstić information content (AvgIpc) is 2.88. The van der Waals surface area contributed by atoms with Crippen molar-refractivity contribution in [1.29, 1.82) is 0 Å². The van der Waals surface area contributed by atoms with Crippen LogP contribution in [0.5, 0.6) is 0 Å². The summed E-state index contributed by atoms with van der Waals surface area (Å²) in [6.45, 7) is 8.30. The van der Waals surface area contributed by atoms with Crippen molar-refractivity contribution in [3.05, 3.63) is 33.8 Å². The van der Waals surface area contributed by atoms with E-state index in [-0.39, 0.29) is 0 Å². The van der Waals surface area contributed by atoms with Crippen LogP contribution in [0.4, 0.5) is 0 Å². The van der Waals surface area contributed by atoms with Gasteiger partial charge >= 0.3 is 0 Å². The lowest BCUT2D eigenvalue weighted by atomic mass is 10.1. The Kier molecular flexibility index (Phi) is 3.91. The Morgan fingerprint density at radius 1 is 1.47 bits per heavy atom. The highest BCUT2D eigenvalue weighted by atomic mass is 32.1. The molecule has 0 saturated carbocycles. The lowest BCUT2D eigenvalue weighted by Crippen LogP contribution is -2.23. The predicted octanol–water partition coefficient (Wildman–Crippen LogP) is 2.31. The quantitative estimate of drug-likeness (QED) is 0.885. The zero-order valence-electron chi connectivity index (χ0n) is 10.5. The molecule has 0 bridgehead atoms. The van der Waals surface area contributed by atoms with E-state index in [0.29, 0.717) is 6.04 Å². The zero-order chi connectivity index (χ0) is 12.3. The Morgan fingerprint density at radius 3 is 2.88 bits per heavy atom. The SMILES string of the molecule is Cc1cc(C(C)NCCn2ccnn2)c(C)s1. The Morgan fingerprint density at radius 2 is 2.29 bits per heavy atom. The Balaban J connectivity index is 1.85. The van der Waals surface area contributed by atoms with Gasteiger partial charge < -0.3 is 5.32 Å². The number of hydrogen-bond acceptors (Lipinski definition) is 4. The van der Waals surface area contributed by atoms with Gasteiger partial charge in [0.05, 0.1) is 12.7 Å². The van der Waals surface area contributed by atoms with E-state index in [1.807, 2.05) is 22.2 Å². The fourth-order valence-corrected chi connectivity index (χ4v) is 2.96. The summed E-state index contributed by atoms with van der Waals surface area (Å²) < 4.78 is 1.84. The number of aryl methyl sites for hydroxylation is 2. The molecule has 0 radical (unpaired) electrons. The molecule has 0 aliphatic rings. The number of nitrogens with one attached hydrogen (secondary N) is 1. The number of rotatable bonds is 5. The van der Waals surface area contributed by atoms with Gasteiger partial charge in [0, 0.05) is 28.5 Å². The maximum absolute atomic E-state index is 3.94. The van der Waals surface area contributed by atoms with Crippen molar-refractivity contribution in [1.82, 2.24) is 20.3 Å². The Labute approximate surface area is 106 Å². The molecule has 0 fully saturated rings. The maximum Gasteiger partial charge on any atom is 0.0692 e. The number of nitrogens with zero attached hydrogens (tertiary/aromatic N) is 3. The molecule has 0 amide bonds. The first kappa shape index (κ1) is 12.3. The van der Waals surface area contributed by atoms with Crippen LogP contribution in [-0.4, -0.2) is 21.5 Å². The largest absolute Gasteiger partial charge is 0.308 e. The highest BCUT2D eigenvalue weighted by Crippen LogP contribution is 2.25. The standard InChI is InChI=1S/C12H18N4S/c1-9-8-12(11(3)17-9)10(2)13-4-6-16-7-5-14-15-16/h5,7-8,10,13H,4,6H2,1-3H3. The lowest BCUT2D eigenvalue weighted by molar-refractivity contribution is 0.499. The van der Waals surface area contributed by atoms with E-state index >= 15 is 0 Å². The fraction of sp³-hybridized carbons (Fsp3) is 0.500. The smallest absolute Gasteiger partial charge is 0.0692 e. The topological polar surface area (TPSA) is 42.7 Å². The molecule has 2 aromatic rings. The van der Waals surface area contributed by atoms with Crippen molar-refractivity contribution < 1.29 is 0 Å². The first-order chi connectivity index (χ1) is 8.16. The summed E-state index contributed by atoms with van der Waals surface area (Å²) in [6, 6.07) is 2.66. The second-order valence-electron chi connectivity index (χ2n) is 4.21. The van der Waals surface area contributed by atoms with Gasteiger partial charge in [0.25, 0.3) is 0 Å². The zero-order valence-corrected chi connectivity index (χ0v) is 11.3. The van der Waals surface area contributed by atoms with Crippen LogP contribution in [0.25, 0.3) is 0 Å². The monoisotopic (exact) mass is 250 g/mol. The molecule has 0 spiro atoms. The van der Waals surface area contributed by atoms with Gasteiger partial charge in [-0.05, 0) is 32.4 Å². The van der Waals surface area contributed by atoms with E-state index in [2.05, 4.69) is 42.5 Å². The summed E-state index contributed by atoms with van der Waals surface area (Å²) in [5.41, 5.74) is 1.41. The summed E-state index contributed by atoms with van der Waals surface area (Å²) >= 11 is 1.86. The molecule has 2 heterocycles. The van der Waals surface area contributed by atoms with Gasteiger partial charge in [-0.25, -0.2) is 0 Å². The minimum Gasteiger partial charge on any atom is -0.308 e. The molecule has 92 valence electrons. The summed E-state index contributed by atoms with van der Waals surface area (Å²) in [5.74, 6) is 0. The molecule has 2 aromatic heterocycles. The van der Waals surface area contributed by atoms with E-state index in [4.69, 9.17) is 0 Å². The van der Waals surface area contributed by atoms with Gasteiger partial charge in [0.2, 0.25) is 0 Å². The van der Waals surface area contributed by atoms with E-state index in [1.165, 1.54) is 15.3 Å². The van der Waals surface area contributed by atoms with Crippen molar-refractivity contribution in [3.63, 3.8) is 0 Å². The molecule has 1 unspecified atom stereocenters. The van der Waals surface area contributed by atoms with Gasteiger partial charge in [-0.2, -0.15) is 0 Å². The molecule has 1 atom stereocenters. The van der Waals surface area contributed by atoms with Crippen LogP contribution >= 0.6 is 11.3 Å². The van der Waals surface area contributed by atoms with E-state index < -0.39 is 0 Å². The second kappa shape index (κ2) is 5.42. The van der Waals surface area contributed by atoms with Crippen molar-refractivity contribution in [3.8, 4) is 0 Å². The number of hydrogen-bond donors (Lipinski definition) is 1. The van der Waals surface area contributed by atoms with E-state index in [9.17, 15) is 0 Å².